The van der Waals surface area contributed by atoms with E-state index >= 15 is 0 Å². The van der Waals surface area contributed by atoms with E-state index in [0.29, 0.717) is 31.0 Å². The van der Waals surface area contributed by atoms with E-state index in [1.807, 2.05) is 57.2 Å². The number of hydrogen-bond acceptors (Lipinski definition) is 3. The van der Waals surface area contributed by atoms with Gasteiger partial charge in [-0.25, -0.2) is 0 Å². The molecule has 0 unspecified atom stereocenters. The van der Waals surface area contributed by atoms with Gasteiger partial charge in [0.15, 0.2) is 0 Å². The van der Waals surface area contributed by atoms with Crippen molar-refractivity contribution < 1.29 is 14.3 Å². The molecule has 2 aromatic rings. The Morgan fingerprint density at radius 1 is 1.06 bits per heavy atom. The molecule has 0 aliphatic heterocycles. The van der Waals surface area contributed by atoms with Crippen molar-refractivity contribution in [1.29, 1.82) is 0 Å². The van der Waals surface area contributed by atoms with E-state index in [9.17, 15) is 9.59 Å². The van der Waals surface area contributed by atoms with Crippen LogP contribution in [0.4, 0.5) is 0 Å². The zero-order valence-electron chi connectivity index (χ0n) is 18.9. The molecule has 2 aromatic carbocycles. The largest absolute Gasteiger partial charge is 0.494 e. The molecular weight excluding hydrogens is 412 g/mol. The van der Waals surface area contributed by atoms with Crippen molar-refractivity contribution >= 4 is 23.4 Å². The van der Waals surface area contributed by atoms with Gasteiger partial charge in [-0.1, -0.05) is 48.4 Å². The highest BCUT2D eigenvalue weighted by Crippen LogP contribution is 2.16. The summed E-state index contributed by atoms with van der Waals surface area (Å²) in [6.07, 6.45) is 1.71. The number of rotatable bonds is 11. The molecule has 31 heavy (non-hydrogen) atoms. The molecule has 2 rings (SSSR count). The number of aryl methyl sites for hydroxylation is 1. The summed E-state index contributed by atoms with van der Waals surface area (Å²) < 4.78 is 5.73. The van der Waals surface area contributed by atoms with E-state index in [0.717, 1.165) is 17.7 Å². The number of ether oxygens (including phenoxy) is 1. The highest BCUT2D eigenvalue weighted by atomic mass is 35.5. The fourth-order valence-corrected chi connectivity index (χ4v) is 3.15. The van der Waals surface area contributed by atoms with Crippen LogP contribution in [-0.4, -0.2) is 35.4 Å². The number of nitrogens with one attached hydrogen (secondary N) is 1. The molecule has 1 N–H and O–H groups in total. The second kappa shape index (κ2) is 12.4. The molecule has 0 aliphatic carbocycles. The van der Waals surface area contributed by atoms with Gasteiger partial charge in [-0.05, 0) is 63.4 Å². The molecule has 0 aliphatic rings. The number of benzene rings is 2. The quantitative estimate of drug-likeness (QED) is 0.488. The van der Waals surface area contributed by atoms with Crippen LogP contribution in [-0.2, 0) is 16.1 Å². The average molecular weight is 445 g/mol. The summed E-state index contributed by atoms with van der Waals surface area (Å²) in [4.78, 5) is 27.4. The Morgan fingerprint density at radius 2 is 1.71 bits per heavy atom. The van der Waals surface area contributed by atoms with Gasteiger partial charge < -0.3 is 15.0 Å². The minimum Gasteiger partial charge on any atom is -0.494 e. The van der Waals surface area contributed by atoms with Gasteiger partial charge in [0.2, 0.25) is 11.8 Å². The molecule has 5 nitrogen and oxygen atoms in total. The van der Waals surface area contributed by atoms with Crippen molar-refractivity contribution in [3.8, 4) is 5.75 Å². The third-order valence-electron chi connectivity index (χ3n) is 5.26. The van der Waals surface area contributed by atoms with Crippen LogP contribution in [0.5, 0.6) is 5.75 Å². The molecule has 0 bridgehead atoms. The summed E-state index contributed by atoms with van der Waals surface area (Å²) in [6.45, 7) is 8.56. The van der Waals surface area contributed by atoms with Gasteiger partial charge in [-0.2, -0.15) is 0 Å². The van der Waals surface area contributed by atoms with E-state index in [4.69, 9.17) is 16.3 Å². The molecule has 168 valence electrons. The molecule has 0 aromatic heterocycles. The number of hydrogen-bond donors (Lipinski definition) is 1. The highest BCUT2D eigenvalue weighted by Gasteiger charge is 2.26. The highest BCUT2D eigenvalue weighted by molar-refractivity contribution is 6.30. The van der Waals surface area contributed by atoms with Crippen LogP contribution in [0.15, 0.2) is 48.5 Å². The summed E-state index contributed by atoms with van der Waals surface area (Å²) in [5, 5.41) is 3.61. The summed E-state index contributed by atoms with van der Waals surface area (Å²) in [7, 11) is 0. The summed E-state index contributed by atoms with van der Waals surface area (Å²) in [5.74, 6) is 0.569. The number of carbonyl (C=O) groups excluding carboxylic acids is 2. The van der Waals surface area contributed by atoms with Gasteiger partial charge in [0.05, 0.1) is 6.61 Å². The van der Waals surface area contributed by atoms with Crippen LogP contribution in [0, 0.1) is 6.92 Å². The average Bonchev–Trinajstić information content (AvgIpc) is 2.76. The van der Waals surface area contributed by atoms with Gasteiger partial charge in [-0.15, -0.1) is 0 Å². The van der Waals surface area contributed by atoms with Crippen molar-refractivity contribution in [3.05, 3.63) is 64.7 Å². The minimum absolute atomic E-state index is 0.0605. The smallest absolute Gasteiger partial charge is 0.242 e. The maximum Gasteiger partial charge on any atom is 0.242 e. The second-order valence-corrected chi connectivity index (χ2v) is 8.34. The van der Waals surface area contributed by atoms with Gasteiger partial charge in [0.1, 0.15) is 11.8 Å². The monoisotopic (exact) mass is 444 g/mol. The lowest BCUT2D eigenvalue weighted by Crippen LogP contribution is -2.49. The van der Waals surface area contributed by atoms with Crippen LogP contribution in [0.1, 0.15) is 51.2 Å². The number of amides is 2. The molecule has 0 saturated carbocycles. The molecule has 0 fully saturated rings. The summed E-state index contributed by atoms with van der Waals surface area (Å²) >= 11 is 5.98. The SMILES string of the molecule is CC[C@H](C)NC(=O)[C@@H](C)N(Cc1ccc(Cl)cc1)C(=O)CCCOc1ccc(C)cc1. The van der Waals surface area contributed by atoms with Crippen molar-refractivity contribution in [2.24, 2.45) is 0 Å². The van der Waals surface area contributed by atoms with Gasteiger partial charge in [0, 0.05) is 24.0 Å². The lowest BCUT2D eigenvalue weighted by Gasteiger charge is -2.29. The van der Waals surface area contributed by atoms with Gasteiger partial charge >= 0.3 is 0 Å². The molecule has 2 amide bonds. The topological polar surface area (TPSA) is 58.6 Å². The zero-order chi connectivity index (χ0) is 22.8. The van der Waals surface area contributed by atoms with Crippen molar-refractivity contribution in [2.75, 3.05) is 6.61 Å². The third kappa shape index (κ3) is 8.25. The van der Waals surface area contributed by atoms with Crippen LogP contribution in [0.3, 0.4) is 0 Å². The first-order valence-corrected chi connectivity index (χ1v) is 11.2. The fourth-order valence-electron chi connectivity index (χ4n) is 3.03. The standard InChI is InChI=1S/C25H33ClN2O3/c1-5-19(3)27-25(30)20(4)28(17-21-10-12-22(26)13-11-21)24(29)7-6-16-31-23-14-8-18(2)9-15-23/h8-15,19-20H,5-7,16-17H2,1-4H3,(H,27,30)/t19-,20+/m0/s1. The predicted octanol–water partition coefficient (Wildman–Crippen LogP) is 5.14. The van der Waals surface area contributed by atoms with Gasteiger partial charge in [0.25, 0.3) is 0 Å². The normalized spacial score (nSPS) is 12.7. The molecule has 0 spiro atoms. The minimum atomic E-state index is -0.574. The van der Waals surface area contributed by atoms with E-state index in [1.165, 1.54) is 5.56 Å². The van der Waals surface area contributed by atoms with Crippen LogP contribution < -0.4 is 10.1 Å². The lowest BCUT2D eigenvalue weighted by molar-refractivity contribution is -0.141. The predicted molar refractivity (Wildman–Crippen MR) is 125 cm³/mol. The molecule has 2 atom stereocenters. The maximum atomic E-state index is 13.0. The second-order valence-electron chi connectivity index (χ2n) is 7.91. The summed E-state index contributed by atoms with van der Waals surface area (Å²) in [5.41, 5.74) is 2.10. The fraction of sp³-hybridized carbons (Fsp3) is 0.440. The Balaban J connectivity index is 1.99. The van der Waals surface area contributed by atoms with Crippen LogP contribution >= 0.6 is 11.6 Å². The molecule has 0 radical (unpaired) electrons. The van der Waals surface area contributed by atoms with E-state index < -0.39 is 6.04 Å². The van der Waals surface area contributed by atoms with Crippen molar-refractivity contribution in [1.82, 2.24) is 10.2 Å². The van der Waals surface area contributed by atoms with Gasteiger partial charge in [-0.3, -0.25) is 9.59 Å². The van der Waals surface area contributed by atoms with E-state index in [1.54, 1.807) is 24.0 Å². The first-order chi connectivity index (χ1) is 14.8. The molecular formula is C25H33ClN2O3. The Kier molecular flexibility index (Phi) is 9.86. The van der Waals surface area contributed by atoms with Crippen molar-refractivity contribution in [3.63, 3.8) is 0 Å². The molecule has 6 heteroatoms. The first kappa shape index (κ1) is 24.7. The number of halogens is 1. The number of carbonyl (C=O) groups is 2. The van der Waals surface area contributed by atoms with Crippen LogP contribution in [0.2, 0.25) is 5.02 Å². The van der Waals surface area contributed by atoms with Crippen LogP contribution in [0.25, 0.3) is 0 Å². The van der Waals surface area contributed by atoms with Crippen molar-refractivity contribution in [2.45, 2.75) is 65.6 Å². The Bertz CT molecular complexity index is 837. The molecule has 0 saturated heterocycles. The Hall–Kier alpha value is -2.53. The number of nitrogens with zero attached hydrogens (tertiary/aromatic N) is 1. The summed E-state index contributed by atoms with van der Waals surface area (Å²) in [6, 6.07) is 14.7. The maximum absolute atomic E-state index is 13.0. The third-order valence-corrected chi connectivity index (χ3v) is 5.51. The Morgan fingerprint density at radius 3 is 2.32 bits per heavy atom. The van der Waals surface area contributed by atoms with E-state index in [-0.39, 0.29) is 17.9 Å². The first-order valence-electron chi connectivity index (χ1n) is 10.8. The Labute approximate surface area is 190 Å². The van der Waals surface area contributed by atoms with E-state index in [2.05, 4.69) is 5.32 Å². The molecule has 0 heterocycles. The lowest BCUT2D eigenvalue weighted by atomic mass is 10.1. The zero-order valence-corrected chi connectivity index (χ0v) is 19.6.